The predicted octanol–water partition coefficient (Wildman–Crippen LogP) is 4.30. The molecule has 98 valence electrons. The molecule has 0 fully saturated rings. The first-order chi connectivity index (χ1) is 9.13. The van der Waals surface area contributed by atoms with Crippen LogP contribution in [0.2, 0.25) is 5.15 Å². The second-order valence-corrected chi connectivity index (χ2v) is 5.83. The van der Waals surface area contributed by atoms with Gasteiger partial charge in [0.25, 0.3) is 0 Å². The number of aromatic hydroxyl groups is 1. The number of pyridine rings is 1. The van der Waals surface area contributed by atoms with Gasteiger partial charge < -0.3 is 10.4 Å². The van der Waals surface area contributed by atoms with Crippen molar-refractivity contribution in [1.82, 2.24) is 4.98 Å². The van der Waals surface area contributed by atoms with Gasteiger partial charge in [-0.1, -0.05) is 17.7 Å². The molecule has 3 rings (SSSR count). The molecule has 1 heterocycles. The second-order valence-electron chi connectivity index (χ2n) is 4.62. The van der Waals surface area contributed by atoms with Gasteiger partial charge >= 0.3 is 0 Å². The Morgan fingerprint density at radius 2 is 2.21 bits per heavy atom. The van der Waals surface area contributed by atoms with Crippen molar-refractivity contribution in [2.24, 2.45) is 0 Å². The number of benzene rings is 1. The number of fused-ring (bicyclic) bond motifs is 1. The zero-order valence-corrected chi connectivity index (χ0v) is 12.4. The maximum absolute atomic E-state index is 9.49. The Balaban J connectivity index is 1.84. The average molecular weight is 340 g/mol. The Morgan fingerprint density at radius 1 is 1.37 bits per heavy atom. The van der Waals surface area contributed by atoms with Crippen molar-refractivity contribution in [3.63, 3.8) is 0 Å². The van der Waals surface area contributed by atoms with Crippen molar-refractivity contribution in [2.45, 2.75) is 18.9 Å². The van der Waals surface area contributed by atoms with Crippen molar-refractivity contribution in [3.8, 4) is 5.75 Å². The quantitative estimate of drug-likeness (QED) is 0.802. The van der Waals surface area contributed by atoms with Crippen molar-refractivity contribution in [2.75, 3.05) is 5.32 Å². The molecule has 2 aromatic rings. The molecule has 0 amide bonds. The SMILES string of the molecule is Oc1ccc2c(c1)CCC2Nc1cnc(Cl)c(Br)c1. The van der Waals surface area contributed by atoms with Gasteiger partial charge in [-0.25, -0.2) is 4.98 Å². The van der Waals surface area contributed by atoms with Gasteiger partial charge in [0.15, 0.2) is 0 Å². The van der Waals surface area contributed by atoms with E-state index < -0.39 is 0 Å². The van der Waals surface area contributed by atoms with Crippen LogP contribution < -0.4 is 5.32 Å². The van der Waals surface area contributed by atoms with E-state index in [1.54, 1.807) is 12.3 Å². The van der Waals surface area contributed by atoms with E-state index in [9.17, 15) is 5.11 Å². The van der Waals surface area contributed by atoms with Crippen LogP contribution in [0, 0.1) is 0 Å². The molecule has 1 aliphatic rings. The number of anilines is 1. The molecule has 1 unspecified atom stereocenters. The first-order valence-electron chi connectivity index (χ1n) is 6.03. The standard InChI is InChI=1S/C14H12BrClN2O/c15-12-6-9(7-17-14(12)16)18-13-4-1-8-5-10(19)2-3-11(8)13/h2-3,5-7,13,18-19H,1,4H2. The van der Waals surface area contributed by atoms with E-state index in [4.69, 9.17) is 11.6 Å². The van der Waals surface area contributed by atoms with Crippen molar-refractivity contribution in [3.05, 3.63) is 51.2 Å². The van der Waals surface area contributed by atoms with Crippen LogP contribution in [-0.4, -0.2) is 10.1 Å². The third kappa shape index (κ3) is 2.55. The van der Waals surface area contributed by atoms with E-state index in [1.807, 2.05) is 18.2 Å². The highest BCUT2D eigenvalue weighted by Gasteiger charge is 2.22. The van der Waals surface area contributed by atoms with Gasteiger partial charge in [-0.05, 0) is 58.1 Å². The predicted molar refractivity (Wildman–Crippen MR) is 79.7 cm³/mol. The van der Waals surface area contributed by atoms with Crippen molar-refractivity contribution >= 4 is 33.2 Å². The van der Waals surface area contributed by atoms with Gasteiger partial charge in [0.05, 0.1) is 22.4 Å². The summed E-state index contributed by atoms with van der Waals surface area (Å²) in [7, 11) is 0. The molecule has 0 radical (unpaired) electrons. The molecular formula is C14H12BrClN2O. The zero-order valence-electron chi connectivity index (χ0n) is 10.0. The summed E-state index contributed by atoms with van der Waals surface area (Å²) in [5.41, 5.74) is 3.38. The first kappa shape index (κ1) is 12.8. The van der Waals surface area contributed by atoms with E-state index in [2.05, 4.69) is 26.2 Å². The van der Waals surface area contributed by atoms with Gasteiger partial charge in [-0.15, -0.1) is 0 Å². The highest BCUT2D eigenvalue weighted by atomic mass is 79.9. The monoisotopic (exact) mass is 338 g/mol. The maximum atomic E-state index is 9.49. The molecule has 3 nitrogen and oxygen atoms in total. The number of nitrogens with one attached hydrogen (secondary N) is 1. The molecule has 0 bridgehead atoms. The van der Waals surface area contributed by atoms with Crippen LogP contribution in [0.4, 0.5) is 5.69 Å². The van der Waals surface area contributed by atoms with Gasteiger partial charge in [0, 0.05) is 0 Å². The number of nitrogens with zero attached hydrogens (tertiary/aromatic N) is 1. The molecule has 0 saturated heterocycles. The number of phenols is 1. The summed E-state index contributed by atoms with van der Waals surface area (Å²) in [5, 5.41) is 13.4. The third-order valence-corrected chi connectivity index (χ3v) is 4.48. The third-order valence-electron chi connectivity index (χ3n) is 3.34. The maximum Gasteiger partial charge on any atom is 0.143 e. The Bertz CT molecular complexity index is 633. The topological polar surface area (TPSA) is 45.1 Å². The lowest BCUT2D eigenvalue weighted by molar-refractivity contribution is 0.474. The van der Waals surface area contributed by atoms with Gasteiger partial charge in [-0.3, -0.25) is 0 Å². The summed E-state index contributed by atoms with van der Waals surface area (Å²) in [5.74, 6) is 0.329. The molecule has 0 spiro atoms. The highest BCUT2D eigenvalue weighted by molar-refractivity contribution is 9.10. The fourth-order valence-corrected chi connectivity index (χ4v) is 2.91. The molecule has 0 saturated carbocycles. The van der Waals surface area contributed by atoms with E-state index in [0.717, 1.165) is 23.0 Å². The summed E-state index contributed by atoms with van der Waals surface area (Å²) in [6.45, 7) is 0. The Hall–Kier alpha value is -1.26. The van der Waals surface area contributed by atoms with Crippen LogP contribution in [0.25, 0.3) is 0 Å². The minimum absolute atomic E-state index is 0.255. The number of hydrogen-bond donors (Lipinski definition) is 2. The number of phenolic OH excluding ortho intramolecular Hbond substituents is 1. The van der Waals surface area contributed by atoms with Gasteiger partial charge in [0.2, 0.25) is 0 Å². The van der Waals surface area contributed by atoms with Crippen LogP contribution in [0.1, 0.15) is 23.6 Å². The van der Waals surface area contributed by atoms with E-state index in [-0.39, 0.29) is 6.04 Å². The molecule has 1 aromatic heterocycles. The molecular weight excluding hydrogens is 328 g/mol. The smallest absolute Gasteiger partial charge is 0.143 e. The van der Waals surface area contributed by atoms with E-state index in [0.29, 0.717) is 10.9 Å². The Labute approximate surface area is 124 Å². The van der Waals surface area contributed by atoms with Crippen LogP contribution in [-0.2, 0) is 6.42 Å². The number of aromatic nitrogens is 1. The van der Waals surface area contributed by atoms with E-state index >= 15 is 0 Å². The Kier molecular flexibility index (Phi) is 3.37. The van der Waals surface area contributed by atoms with Crippen LogP contribution in [0.15, 0.2) is 34.9 Å². The van der Waals surface area contributed by atoms with Crippen LogP contribution >= 0.6 is 27.5 Å². The lowest BCUT2D eigenvalue weighted by Crippen LogP contribution is -2.07. The second kappa shape index (κ2) is 5.02. The van der Waals surface area contributed by atoms with Crippen LogP contribution in [0.3, 0.4) is 0 Å². The summed E-state index contributed by atoms with van der Waals surface area (Å²) in [4.78, 5) is 4.11. The summed E-state index contributed by atoms with van der Waals surface area (Å²) in [6.07, 6.45) is 3.72. The Morgan fingerprint density at radius 3 is 3.00 bits per heavy atom. The van der Waals surface area contributed by atoms with E-state index in [1.165, 1.54) is 11.1 Å². The zero-order chi connectivity index (χ0) is 13.4. The number of halogens is 2. The number of hydrogen-bond acceptors (Lipinski definition) is 3. The number of rotatable bonds is 2. The molecule has 1 aromatic carbocycles. The molecule has 1 atom stereocenters. The van der Waals surface area contributed by atoms with Crippen molar-refractivity contribution < 1.29 is 5.11 Å². The summed E-state index contributed by atoms with van der Waals surface area (Å²) < 4.78 is 0.781. The molecule has 5 heteroatoms. The van der Waals surface area contributed by atoms with Gasteiger partial charge in [0.1, 0.15) is 10.9 Å². The lowest BCUT2D eigenvalue weighted by atomic mass is 10.1. The highest BCUT2D eigenvalue weighted by Crippen LogP contribution is 2.36. The van der Waals surface area contributed by atoms with Crippen LogP contribution in [0.5, 0.6) is 5.75 Å². The molecule has 0 aliphatic heterocycles. The average Bonchev–Trinajstić information content (AvgIpc) is 2.76. The summed E-state index contributed by atoms with van der Waals surface area (Å²) in [6, 6.07) is 7.73. The lowest BCUT2D eigenvalue weighted by Gasteiger charge is -2.15. The fourth-order valence-electron chi connectivity index (χ4n) is 2.46. The summed E-state index contributed by atoms with van der Waals surface area (Å²) >= 11 is 9.25. The molecule has 2 N–H and O–H groups in total. The van der Waals surface area contributed by atoms with Crippen molar-refractivity contribution in [1.29, 1.82) is 0 Å². The normalized spacial score (nSPS) is 17.3. The molecule has 1 aliphatic carbocycles. The molecule has 19 heavy (non-hydrogen) atoms. The fraction of sp³-hybridized carbons (Fsp3) is 0.214. The largest absolute Gasteiger partial charge is 0.508 e. The van der Waals surface area contributed by atoms with Gasteiger partial charge in [-0.2, -0.15) is 0 Å². The number of aryl methyl sites for hydroxylation is 1. The first-order valence-corrected chi connectivity index (χ1v) is 7.20. The minimum Gasteiger partial charge on any atom is -0.508 e. The minimum atomic E-state index is 0.255.